The maximum absolute atomic E-state index is 12.5. The summed E-state index contributed by atoms with van der Waals surface area (Å²) in [6, 6.07) is 0.384. The topological polar surface area (TPSA) is 54.2 Å². The Hall–Kier alpha value is -1.00. The van der Waals surface area contributed by atoms with Gasteiger partial charge in [0.25, 0.3) is 0 Å². The number of imidazole rings is 1. The third-order valence-corrected chi connectivity index (χ3v) is 3.73. The molecule has 0 amide bonds. The van der Waals surface area contributed by atoms with Crippen LogP contribution in [0.3, 0.4) is 0 Å². The summed E-state index contributed by atoms with van der Waals surface area (Å²) in [4.78, 5) is 8.09. The number of hydrogen-bond acceptors (Lipinski definition) is 2. The lowest BCUT2D eigenvalue weighted by Gasteiger charge is -2.24. The van der Waals surface area contributed by atoms with E-state index in [1.807, 2.05) is 0 Å². The van der Waals surface area contributed by atoms with Gasteiger partial charge >= 0.3 is 6.18 Å². The highest BCUT2D eigenvalue weighted by Gasteiger charge is 2.28. The van der Waals surface area contributed by atoms with Gasteiger partial charge in [0.2, 0.25) is 0 Å². The lowest BCUT2D eigenvalue weighted by atomic mass is 9.96. The van der Waals surface area contributed by atoms with Crippen LogP contribution in [0, 0.1) is 0 Å². The Morgan fingerprint density at radius 2 is 2.04 bits per heavy atom. The molecule has 0 bridgehead atoms. The van der Waals surface area contributed by atoms with Gasteiger partial charge in [-0.3, -0.25) is 4.99 Å². The molecule has 2 N–H and O–H groups in total. The highest BCUT2D eigenvalue weighted by molar-refractivity contribution is 14.0. The van der Waals surface area contributed by atoms with Crippen LogP contribution in [0.4, 0.5) is 13.2 Å². The fourth-order valence-corrected chi connectivity index (χ4v) is 2.64. The minimum absolute atomic E-state index is 0. The Balaban J connectivity index is 0.00000264. The molecule has 1 saturated carbocycles. The summed E-state index contributed by atoms with van der Waals surface area (Å²) < 4.78 is 38.5. The first-order valence-corrected chi connectivity index (χ1v) is 7.52. The van der Waals surface area contributed by atoms with E-state index in [9.17, 15) is 13.2 Å². The van der Waals surface area contributed by atoms with Crippen molar-refractivity contribution < 1.29 is 13.2 Å². The van der Waals surface area contributed by atoms with E-state index in [0.29, 0.717) is 17.8 Å². The minimum atomic E-state index is -4.25. The number of aliphatic imine (C=N–C) groups is 1. The fraction of sp³-hybridized carbons (Fsp3) is 0.714. The first kappa shape index (κ1) is 20.0. The van der Waals surface area contributed by atoms with Crippen molar-refractivity contribution in [3.05, 3.63) is 18.2 Å². The van der Waals surface area contributed by atoms with E-state index in [1.165, 1.54) is 31.7 Å². The zero-order chi connectivity index (χ0) is 16.0. The van der Waals surface area contributed by atoms with Gasteiger partial charge in [-0.25, -0.2) is 4.98 Å². The predicted octanol–water partition coefficient (Wildman–Crippen LogP) is 3.06. The van der Waals surface area contributed by atoms with E-state index >= 15 is 0 Å². The maximum atomic E-state index is 12.5. The second-order valence-electron chi connectivity index (χ2n) is 5.49. The Kier molecular flexibility index (Phi) is 8.13. The monoisotopic (exact) mass is 445 g/mol. The van der Waals surface area contributed by atoms with Gasteiger partial charge in [-0.15, -0.1) is 24.0 Å². The molecule has 1 fully saturated rings. The Labute approximate surface area is 151 Å². The van der Waals surface area contributed by atoms with Crippen molar-refractivity contribution in [2.75, 3.05) is 7.05 Å². The quantitative estimate of drug-likeness (QED) is 0.426. The summed E-state index contributed by atoms with van der Waals surface area (Å²) in [5, 5.41) is 6.35. The lowest BCUT2D eigenvalue weighted by Crippen LogP contribution is -2.44. The first-order valence-electron chi connectivity index (χ1n) is 7.52. The maximum Gasteiger partial charge on any atom is 0.406 e. The molecule has 1 aromatic rings. The molecule has 0 spiro atoms. The van der Waals surface area contributed by atoms with Crippen molar-refractivity contribution in [2.24, 2.45) is 4.99 Å². The zero-order valence-electron chi connectivity index (χ0n) is 13.1. The molecule has 0 radical (unpaired) electrons. The van der Waals surface area contributed by atoms with Gasteiger partial charge in [0.05, 0.1) is 6.54 Å². The molecule has 132 valence electrons. The van der Waals surface area contributed by atoms with Crippen molar-refractivity contribution in [1.29, 1.82) is 0 Å². The molecule has 1 aromatic heterocycles. The van der Waals surface area contributed by atoms with Crippen LogP contribution < -0.4 is 10.6 Å². The first-order chi connectivity index (χ1) is 10.5. The minimum Gasteiger partial charge on any atom is -0.354 e. The average Bonchev–Trinajstić information content (AvgIpc) is 2.89. The molecule has 0 unspecified atom stereocenters. The van der Waals surface area contributed by atoms with Crippen LogP contribution >= 0.6 is 24.0 Å². The van der Waals surface area contributed by atoms with Crippen molar-refractivity contribution in [3.8, 4) is 0 Å². The van der Waals surface area contributed by atoms with E-state index in [2.05, 4.69) is 20.6 Å². The van der Waals surface area contributed by atoms with Gasteiger partial charge in [0.1, 0.15) is 12.4 Å². The molecule has 23 heavy (non-hydrogen) atoms. The number of aromatic nitrogens is 2. The number of halogens is 4. The number of nitrogens with one attached hydrogen (secondary N) is 2. The van der Waals surface area contributed by atoms with Gasteiger partial charge in [0.15, 0.2) is 5.96 Å². The van der Waals surface area contributed by atoms with Gasteiger partial charge < -0.3 is 15.2 Å². The van der Waals surface area contributed by atoms with Gasteiger partial charge in [0, 0.05) is 25.5 Å². The SMILES string of the molecule is CN=C(NCc1nccn1CC(F)(F)F)NC1CCCCC1.I. The highest BCUT2D eigenvalue weighted by Crippen LogP contribution is 2.18. The van der Waals surface area contributed by atoms with Crippen LogP contribution in [0.2, 0.25) is 0 Å². The number of guanidine groups is 1. The zero-order valence-corrected chi connectivity index (χ0v) is 15.4. The van der Waals surface area contributed by atoms with Crippen LogP contribution in [0.1, 0.15) is 37.9 Å². The molecule has 5 nitrogen and oxygen atoms in total. The van der Waals surface area contributed by atoms with E-state index in [0.717, 1.165) is 17.4 Å². The number of nitrogens with zero attached hydrogens (tertiary/aromatic N) is 3. The Morgan fingerprint density at radius 1 is 1.35 bits per heavy atom. The van der Waals surface area contributed by atoms with Crippen molar-refractivity contribution >= 4 is 29.9 Å². The summed E-state index contributed by atoms with van der Waals surface area (Å²) in [6.45, 7) is -0.825. The number of hydrogen-bond donors (Lipinski definition) is 2. The normalized spacial score (nSPS) is 16.8. The Bertz CT molecular complexity index is 495. The highest BCUT2D eigenvalue weighted by atomic mass is 127. The molecule has 1 aliphatic carbocycles. The van der Waals surface area contributed by atoms with Crippen LogP contribution in [-0.2, 0) is 13.1 Å². The molecule has 1 aliphatic rings. The molecule has 0 aliphatic heterocycles. The van der Waals surface area contributed by atoms with Crippen molar-refractivity contribution in [1.82, 2.24) is 20.2 Å². The number of alkyl halides is 3. The summed E-state index contributed by atoms with van der Waals surface area (Å²) >= 11 is 0. The van der Waals surface area contributed by atoms with Crippen molar-refractivity contribution in [3.63, 3.8) is 0 Å². The standard InChI is InChI=1S/C14H22F3N5.HI/c1-18-13(21-11-5-3-2-4-6-11)20-9-12-19-7-8-22(12)10-14(15,16)17;/h7-8,11H,2-6,9-10H2,1H3,(H2,18,20,21);1H. The van der Waals surface area contributed by atoms with E-state index in [1.54, 1.807) is 7.05 Å². The molecule has 1 heterocycles. The van der Waals surface area contributed by atoms with Gasteiger partial charge in [-0.1, -0.05) is 19.3 Å². The summed E-state index contributed by atoms with van der Waals surface area (Å²) in [7, 11) is 1.65. The van der Waals surface area contributed by atoms with E-state index < -0.39 is 12.7 Å². The second kappa shape index (κ2) is 9.33. The van der Waals surface area contributed by atoms with Gasteiger partial charge in [-0.05, 0) is 12.8 Å². The largest absolute Gasteiger partial charge is 0.406 e. The van der Waals surface area contributed by atoms with Crippen LogP contribution in [0.15, 0.2) is 17.4 Å². The molecular weight excluding hydrogens is 422 g/mol. The number of rotatable bonds is 4. The second-order valence-corrected chi connectivity index (χ2v) is 5.49. The molecular formula is C14H23F3IN5. The lowest BCUT2D eigenvalue weighted by molar-refractivity contribution is -0.141. The van der Waals surface area contributed by atoms with E-state index in [-0.39, 0.29) is 30.5 Å². The molecule has 0 aromatic carbocycles. The van der Waals surface area contributed by atoms with Crippen LogP contribution in [0.5, 0.6) is 0 Å². The van der Waals surface area contributed by atoms with E-state index in [4.69, 9.17) is 0 Å². The predicted molar refractivity (Wildman–Crippen MR) is 93.9 cm³/mol. The van der Waals surface area contributed by atoms with Crippen LogP contribution in [-0.4, -0.2) is 34.8 Å². The average molecular weight is 445 g/mol. The smallest absolute Gasteiger partial charge is 0.354 e. The molecule has 9 heteroatoms. The molecule has 0 saturated heterocycles. The summed E-state index contributed by atoms with van der Waals surface area (Å²) in [5.41, 5.74) is 0. The summed E-state index contributed by atoms with van der Waals surface area (Å²) in [6.07, 6.45) is 4.32. The molecule has 0 atom stereocenters. The third kappa shape index (κ3) is 6.96. The van der Waals surface area contributed by atoms with Crippen molar-refractivity contribution in [2.45, 2.75) is 57.4 Å². The van der Waals surface area contributed by atoms with Crippen LogP contribution in [0.25, 0.3) is 0 Å². The van der Waals surface area contributed by atoms with Gasteiger partial charge in [-0.2, -0.15) is 13.2 Å². The Morgan fingerprint density at radius 3 is 2.65 bits per heavy atom. The summed E-state index contributed by atoms with van der Waals surface area (Å²) in [5.74, 6) is 0.942. The molecule has 2 rings (SSSR count). The fourth-order valence-electron chi connectivity index (χ4n) is 2.64. The third-order valence-electron chi connectivity index (χ3n) is 3.73.